The Hall–Kier alpha value is -2.82. The normalized spacial score (nSPS) is 10.8. The number of benzene rings is 2. The van der Waals surface area contributed by atoms with Crippen molar-refractivity contribution in [2.24, 2.45) is 4.99 Å². The van der Waals surface area contributed by atoms with Gasteiger partial charge in [-0.2, -0.15) is 0 Å². The van der Waals surface area contributed by atoms with Crippen LogP contribution in [0.25, 0.3) is 16.6 Å². The first-order valence-corrected chi connectivity index (χ1v) is 6.63. The SMILES string of the molecule is C=NCc1cn(-c2ccccc2F)c2cc(F)ccc2c1=O. The molecule has 3 rings (SSSR count). The Labute approximate surface area is 125 Å². The molecule has 0 fully saturated rings. The Morgan fingerprint density at radius 1 is 1.14 bits per heavy atom. The molecule has 22 heavy (non-hydrogen) atoms. The van der Waals surface area contributed by atoms with Crippen LogP contribution < -0.4 is 5.43 Å². The lowest BCUT2D eigenvalue weighted by molar-refractivity contribution is 0.617. The van der Waals surface area contributed by atoms with Crippen LogP contribution in [0, 0.1) is 11.6 Å². The highest BCUT2D eigenvalue weighted by molar-refractivity contribution is 5.81. The van der Waals surface area contributed by atoms with E-state index in [-0.39, 0.29) is 17.7 Å². The molecule has 0 atom stereocenters. The van der Waals surface area contributed by atoms with Crippen LogP contribution in [0.5, 0.6) is 0 Å². The molecule has 0 amide bonds. The van der Waals surface area contributed by atoms with E-state index in [9.17, 15) is 13.6 Å². The number of aromatic nitrogens is 1. The van der Waals surface area contributed by atoms with E-state index < -0.39 is 11.6 Å². The molecule has 2 aromatic carbocycles. The lowest BCUT2D eigenvalue weighted by atomic mass is 10.1. The van der Waals surface area contributed by atoms with E-state index >= 15 is 0 Å². The number of para-hydroxylation sites is 1. The summed E-state index contributed by atoms with van der Waals surface area (Å²) in [6.07, 6.45) is 1.48. The molecule has 5 heteroatoms. The molecule has 110 valence electrons. The molecule has 0 aliphatic heterocycles. The third kappa shape index (κ3) is 2.30. The van der Waals surface area contributed by atoms with Crippen molar-refractivity contribution in [3.05, 3.63) is 76.1 Å². The smallest absolute Gasteiger partial charge is 0.194 e. The molecule has 3 nitrogen and oxygen atoms in total. The molecule has 0 N–H and O–H groups in total. The van der Waals surface area contributed by atoms with Gasteiger partial charge in [0.05, 0.1) is 17.7 Å². The first-order valence-electron chi connectivity index (χ1n) is 6.63. The summed E-state index contributed by atoms with van der Waals surface area (Å²) in [6.45, 7) is 3.49. The monoisotopic (exact) mass is 298 g/mol. The molecule has 1 aromatic heterocycles. The number of fused-ring (bicyclic) bond motifs is 1. The van der Waals surface area contributed by atoms with Gasteiger partial charge in [0.2, 0.25) is 0 Å². The summed E-state index contributed by atoms with van der Waals surface area (Å²) in [7, 11) is 0. The molecule has 0 radical (unpaired) electrons. The standard InChI is InChI=1S/C17H12F2N2O/c1-20-9-11-10-21(15-5-3-2-4-14(15)19)16-8-12(18)6-7-13(16)17(11)22/h2-8,10H,1,9H2. The predicted molar refractivity (Wildman–Crippen MR) is 82.7 cm³/mol. The van der Waals surface area contributed by atoms with Crippen LogP contribution in [0.2, 0.25) is 0 Å². The van der Waals surface area contributed by atoms with E-state index in [0.29, 0.717) is 16.5 Å². The highest BCUT2D eigenvalue weighted by Gasteiger charge is 2.12. The van der Waals surface area contributed by atoms with Crippen molar-refractivity contribution >= 4 is 17.6 Å². The fourth-order valence-electron chi connectivity index (χ4n) is 2.43. The zero-order chi connectivity index (χ0) is 15.7. The maximum atomic E-state index is 14.1. The second-order valence-electron chi connectivity index (χ2n) is 4.85. The van der Waals surface area contributed by atoms with E-state index in [1.807, 2.05) is 0 Å². The number of halogens is 2. The van der Waals surface area contributed by atoms with Crippen molar-refractivity contribution in [2.75, 3.05) is 0 Å². The zero-order valence-electron chi connectivity index (χ0n) is 11.6. The fourth-order valence-corrected chi connectivity index (χ4v) is 2.43. The van der Waals surface area contributed by atoms with E-state index in [4.69, 9.17) is 0 Å². The third-order valence-electron chi connectivity index (χ3n) is 3.43. The van der Waals surface area contributed by atoms with Crippen LogP contribution in [0.3, 0.4) is 0 Å². The minimum absolute atomic E-state index is 0.112. The molecule has 0 saturated carbocycles. The number of pyridine rings is 1. The van der Waals surface area contributed by atoms with Gasteiger partial charge >= 0.3 is 0 Å². The van der Waals surface area contributed by atoms with Crippen molar-refractivity contribution < 1.29 is 8.78 Å². The van der Waals surface area contributed by atoms with E-state index in [1.165, 1.54) is 35.0 Å². The van der Waals surface area contributed by atoms with Crippen molar-refractivity contribution in [1.29, 1.82) is 0 Å². The average molecular weight is 298 g/mol. The average Bonchev–Trinajstić information content (AvgIpc) is 2.51. The largest absolute Gasteiger partial charge is 0.313 e. The highest BCUT2D eigenvalue weighted by atomic mass is 19.1. The Kier molecular flexibility index (Phi) is 3.55. The molecule has 3 aromatic rings. The summed E-state index contributed by atoms with van der Waals surface area (Å²) in [5.74, 6) is -0.958. The van der Waals surface area contributed by atoms with Gasteiger partial charge in [0.1, 0.15) is 11.6 Å². The van der Waals surface area contributed by atoms with E-state index in [2.05, 4.69) is 11.7 Å². The number of hydrogen-bond acceptors (Lipinski definition) is 2. The second-order valence-corrected chi connectivity index (χ2v) is 4.85. The Morgan fingerprint density at radius 2 is 1.91 bits per heavy atom. The molecule has 0 unspecified atom stereocenters. The first-order chi connectivity index (χ1) is 10.6. The number of hydrogen-bond donors (Lipinski definition) is 0. The van der Waals surface area contributed by atoms with Gasteiger partial charge in [-0.1, -0.05) is 12.1 Å². The Morgan fingerprint density at radius 3 is 2.64 bits per heavy atom. The van der Waals surface area contributed by atoms with Crippen LogP contribution in [0.15, 0.2) is 58.4 Å². The van der Waals surface area contributed by atoms with Gasteiger partial charge in [-0.25, -0.2) is 8.78 Å². The zero-order valence-corrected chi connectivity index (χ0v) is 11.6. The minimum atomic E-state index is -0.494. The molecular weight excluding hydrogens is 286 g/mol. The highest BCUT2D eigenvalue weighted by Crippen LogP contribution is 2.21. The summed E-state index contributed by atoms with van der Waals surface area (Å²) >= 11 is 0. The topological polar surface area (TPSA) is 34.4 Å². The van der Waals surface area contributed by atoms with Crippen molar-refractivity contribution in [2.45, 2.75) is 6.54 Å². The van der Waals surface area contributed by atoms with Crippen molar-refractivity contribution in [3.63, 3.8) is 0 Å². The minimum Gasteiger partial charge on any atom is -0.313 e. The van der Waals surface area contributed by atoms with Gasteiger partial charge < -0.3 is 4.57 Å². The molecule has 0 bridgehead atoms. The molecule has 0 spiro atoms. The Bertz CT molecular complexity index is 932. The lowest BCUT2D eigenvalue weighted by Crippen LogP contribution is -2.14. The van der Waals surface area contributed by atoms with Crippen LogP contribution in [-0.2, 0) is 6.54 Å². The number of rotatable bonds is 3. The maximum Gasteiger partial charge on any atom is 0.194 e. The summed E-state index contributed by atoms with van der Waals surface area (Å²) in [6, 6.07) is 9.94. The maximum absolute atomic E-state index is 14.1. The lowest BCUT2D eigenvalue weighted by Gasteiger charge is -2.13. The van der Waals surface area contributed by atoms with Crippen molar-refractivity contribution in [3.8, 4) is 5.69 Å². The number of aliphatic imine (C=N–C) groups is 1. The van der Waals surface area contributed by atoms with Gasteiger partial charge in [-0.05, 0) is 37.0 Å². The quantitative estimate of drug-likeness (QED) is 0.682. The van der Waals surface area contributed by atoms with Gasteiger partial charge in [0.15, 0.2) is 5.43 Å². The Balaban J connectivity index is 2.44. The van der Waals surface area contributed by atoms with Gasteiger partial charge in [0, 0.05) is 17.1 Å². The summed E-state index contributed by atoms with van der Waals surface area (Å²) in [5, 5.41) is 0.311. The van der Waals surface area contributed by atoms with Crippen LogP contribution in [0.1, 0.15) is 5.56 Å². The second kappa shape index (κ2) is 5.52. The van der Waals surface area contributed by atoms with Crippen LogP contribution >= 0.6 is 0 Å². The van der Waals surface area contributed by atoms with Gasteiger partial charge in [0.25, 0.3) is 0 Å². The molecule has 0 aliphatic rings. The summed E-state index contributed by atoms with van der Waals surface area (Å²) < 4.78 is 29.1. The fraction of sp³-hybridized carbons (Fsp3) is 0.0588. The van der Waals surface area contributed by atoms with E-state index in [1.54, 1.807) is 18.2 Å². The first kappa shape index (κ1) is 14.1. The third-order valence-corrected chi connectivity index (χ3v) is 3.43. The predicted octanol–water partition coefficient (Wildman–Crippen LogP) is 3.47. The van der Waals surface area contributed by atoms with Crippen LogP contribution in [-0.4, -0.2) is 11.3 Å². The number of nitrogens with zero attached hydrogens (tertiary/aromatic N) is 2. The molecular formula is C17H12F2N2O. The van der Waals surface area contributed by atoms with Crippen LogP contribution in [0.4, 0.5) is 8.78 Å². The summed E-state index contributed by atoms with van der Waals surface area (Å²) in [5.41, 5.74) is 0.665. The van der Waals surface area contributed by atoms with Gasteiger partial charge in [-0.15, -0.1) is 0 Å². The van der Waals surface area contributed by atoms with Gasteiger partial charge in [-0.3, -0.25) is 9.79 Å². The van der Waals surface area contributed by atoms with Crippen molar-refractivity contribution in [1.82, 2.24) is 4.57 Å². The van der Waals surface area contributed by atoms with E-state index in [0.717, 1.165) is 0 Å². The summed E-state index contributed by atoms with van der Waals surface area (Å²) in [4.78, 5) is 16.1. The molecule has 0 saturated heterocycles. The molecule has 1 heterocycles. The molecule has 0 aliphatic carbocycles.